The van der Waals surface area contributed by atoms with Gasteiger partial charge < -0.3 is 10.5 Å². The Morgan fingerprint density at radius 3 is 2.81 bits per heavy atom. The van der Waals surface area contributed by atoms with Crippen LogP contribution < -0.4 is 5.73 Å². The van der Waals surface area contributed by atoms with Gasteiger partial charge in [-0.15, -0.1) is 0 Å². The summed E-state index contributed by atoms with van der Waals surface area (Å²) in [4.78, 5) is 11.3. The smallest absolute Gasteiger partial charge is 0.307 e. The van der Waals surface area contributed by atoms with Gasteiger partial charge in [0.25, 0.3) is 0 Å². The van der Waals surface area contributed by atoms with Crippen LogP contribution in [0.4, 0.5) is 0 Å². The molecule has 88 valence electrons. The first-order chi connectivity index (χ1) is 7.54. The molecular formula is C12H16ClNO2. The molecule has 2 N–H and O–H groups in total. The number of hydrogen-bond acceptors (Lipinski definition) is 3. The van der Waals surface area contributed by atoms with E-state index in [1.807, 2.05) is 19.1 Å². The first kappa shape index (κ1) is 13.0. The molecule has 3 nitrogen and oxygen atoms in total. The summed E-state index contributed by atoms with van der Waals surface area (Å²) in [6.07, 6.45) is 0.189. The van der Waals surface area contributed by atoms with Gasteiger partial charge in [-0.3, -0.25) is 4.79 Å². The average Bonchev–Trinajstić information content (AvgIpc) is 2.22. The number of nitrogens with two attached hydrogens (primary N) is 1. The van der Waals surface area contributed by atoms with Crippen LogP contribution in [0.5, 0.6) is 0 Å². The van der Waals surface area contributed by atoms with Crippen LogP contribution in [0.2, 0.25) is 5.02 Å². The van der Waals surface area contributed by atoms with E-state index in [0.717, 1.165) is 11.1 Å². The Morgan fingerprint density at radius 1 is 1.56 bits per heavy atom. The summed E-state index contributed by atoms with van der Waals surface area (Å²) >= 11 is 5.91. The fraction of sp³-hybridized carbons (Fsp3) is 0.417. The van der Waals surface area contributed by atoms with Crippen molar-refractivity contribution >= 4 is 17.6 Å². The molecule has 0 aromatic heterocycles. The second-order valence-electron chi connectivity index (χ2n) is 3.62. The Labute approximate surface area is 101 Å². The van der Waals surface area contributed by atoms with E-state index in [2.05, 4.69) is 0 Å². The molecule has 0 aliphatic heterocycles. The number of halogens is 1. The van der Waals surface area contributed by atoms with Crippen molar-refractivity contribution < 1.29 is 9.53 Å². The number of benzene rings is 1. The monoisotopic (exact) mass is 241 g/mol. The number of ether oxygens (including phenoxy) is 1. The molecule has 0 bridgehead atoms. The number of esters is 1. The minimum atomic E-state index is -0.338. The van der Waals surface area contributed by atoms with E-state index < -0.39 is 0 Å². The highest BCUT2D eigenvalue weighted by molar-refractivity contribution is 6.31. The van der Waals surface area contributed by atoms with E-state index in [9.17, 15) is 4.79 Å². The lowest BCUT2D eigenvalue weighted by Gasteiger charge is -2.12. The van der Waals surface area contributed by atoms with Crippen LogP contribution in [-0.4, -0.2) is 12.6 Å². The van der Waals surface area contributed by atoms with Crippen molar-refractivity contribution in [2.24, 2.45) is 5.73 Å². The SMILES string of the molecule is CCOC(=O)C[C@@H](N)c1ccc(Cl)c(C)c1. The zero-order valence-electron chi connectivity index (χ0n) is 9.50. The van der Waals surface area contributed by atoms with Gasteiger partial charge in [0.05, 0.1) is 13.0 Å². The second kappa shape index (κ2) is 5.87. The van der Waals surface area contributed by atoms with E-state index in [1.54, 1.807) is 13.0 Å². The highest BCUT2D eigenvalue weighted by Gasteiger charge is 2.12. The van der Waals surface area contributed by atoms with E-state index >= 15 is 0 Å². The van der Waals surface area contributed by atoms with Crippen molar-refractivity contribution in [1.82, 2.24) is 0 Å². The van der Waals surface area contributed by atoms with Gasteiger partial charge in [0.15, 0.2) is 0 Å². The Kier molecular flexibility index (Phi) is 4.77. The van der Waals surface area contributed by atoms with Crippen molar-refractivity contribution in [1.29, 1.82) is 0 Å². The molecule has 0 amide bonds. The maximum atomic E-state index is 11.3. The lowest BCUT2D eigenvalue weighted by atomic mass is 10.0. The molecule has 16 heavy (non-hydrogen) atoms. The molecule has 0 heterocycles. The topological polar surface area (TPSA) is 52.3 Å². The van der Waals surface area contributed by atoms with E-state index in [1.165, 1.54) is 0 Å². The van der Waals surface area contributed by atoms with Crippen LogP contribution in [0.3, 0.4) is 0 Å². The predicted molar refractivity (Wildman–Crippen MR) is 64.4 cm³/mol. The van der Waals surface area contributed by atoms with Crippen LogP contribution in [0.1, 0.15) is 30.5 Å². The maximum Gasteiger partial charge on any atom is 0.307 e. The molecular weight excluding hydrogens is 226 g/mol. The first-order valence-electron chi connectivity index (χ1n) is 5.21. The van der Waals surface area contributed by atoms with Crippen molar-refractivity contribution in [3.63, 3.8) is 0 Å². The van der Waals surface area contributed by atoms with Crippen molar-refractivity contribution in [2.75, 3.05) is 6.61 Å². The van der Waals surface area contributed by atoms with Gasteiger partial charge in [-0.1, -0.05) is 23.7 Å². The summed E-state index contributed by atoms with van der Waals surface area (Å²) in [7, 11) is 0. The van der Waals surface area contributed by atoms with Gasteiger partial charge in [-0.2, -0.15) is 0 Å². The number of carbonyl (C=O) groups is 1. The largest absolute Gasteiger partial charge is 0.466 e. The lowest BCUT2D eigenvalue weighted by molar-refractivity contribution is -0.143. The van der Waals surface area contributed by atoms with Gasteiger partial charge in [-0.05, 0) is 31.0 Å². The molecule has 4 heteroatoms. The molecule has 1 aromatic rings. The summed E-state index contributed by atoms with van der Waals surface area (Å²) in [6, 6.07) is 5.18. The number of aryl methyl sites for hydroxylation is 1. The van der Waals surface area contributed by atoms with Crippen molar-refractivity contribution in [3.8, 4) is 0 Å². The Hall–Kier alpha value is -1.06. The molecule has 0 aliphatic carbocycles. The quantitative estimate of drug-likeness (QED) is 0.825. The molecule has 0 saturated carbocycles. The second-order valence-corrected chi connectivity index (χ2v) is 4.03. The standard InChI is InChI=1S/C12H16ClNO2/c1-3-16-12(15)7-11(14)9-4-5-10(13)8(2)6-9/h4-6,11H,3,7,14H2,1-2H3/t11-/m1/s1. The Bertz CT molecular complexity index is 379. The Balaban J connectivity index is 2.69. The van der Waals surface area contributed by atoms with E-state index in [0.29, 0.717) is 11.6 Å². The van der Waals surface area contributed by atoms with Gasteiger partial charge in [0.2, 0.25) is 0 Å². The molecule has 0 unspecified atom stereocenters. The van der Waals surface area contributed by atoms with Gasteiger partial charge in [0, 0.05) is 11.1 Å². The van der Waals surface area contributed by atoms with Crippen LogP contribution in [-0.2, 0) is 9.53 Å². The fourth-order valence-electron chi connectivity index (χ4n) is 1.42. The van der Waals surface area contributed by atoms with Crippen molar-refractivity contribution in [3.05, 3.63) is 34.3 Å². The Morgan fingerprint density at radius 2 is 2.25 bits per heavy atom. The molecule has 1 rings (SSSR count). The number of hydrogen-bond donors (Lipinski definition) is 1. The zero-order valence-corrected chi connectivity index (χ0v) is 10.3. The minimum Gasteiger partial charge on any atom is -0.466 e. The third kappa shape index (κ3) is 3.51. The predicted octanol–water partition coefficient (Wildman–Crippen LogP) is 2.60. The molecule has 0 radical (unpaired) electrons. The lowest BCUT2D eigenvalue weighted by Crippen LogP contribution is -2.17. The molecule has 1 aromatic carbocycles. The van der Waals surface area contributed by atoms with Gasteiger partial charge in [0.1, 0.15) is 0 Å². The summed E-state index contributed by atoms with van der Waals surface area (Å²) < 4.78 is 4.84. The first-order valence-corrected chi connectivity index (χ1v) is 5.59. The molecule has 1 atom stereocenters. The van der Waals surface area contributed by atoms with Crippen LogP contribution >= 0.6 is 11.6 Å². The summed E-state index contributed by atoms with van der Waals surface area (Å²) in [6.45, 7) is 4.06. The fourth-order valence-corrected chi connectivity index (χ4v) is 1.53. The molecule has 0 fully saturated rings. The molecule has 0 aliphatic rings. The zero-order chi connectivity index (χ0) is 12.1. The maximum absolute atomic E-state index is 11.3. The molecule has 0 saturated heterocycles. The van der Waals surface area contributed by atoms with Crippen LogP contribution in [0, 0.1) is 6.92 Å². The number of carbonyl (C=O) groups excluding carboxylic acids is 1. The third-order valence-electron chi connectivity index (χ3n) is 2.30. The summed E-state index contributed by atoms with van der Waals surface area (Å²) in [5.41, 5.74) is 7.76. The average molecular weight is 242 g/mol. The highest BCUT2D eigenvalue weighted by Crippen LogP contribution is 2.21. The minimum absolute atomic E-state index is 0.189. The van der Waals surface area contributed by atoms with Crippen LogP contribution in [0.25, 0.3) is 0 Å². The van der Waals surface area contributed by atoms with Crippen molar-refractivity contribution in [2.45, 2.75) is 26.3 Å². The normalized spacial score (nSPS) is 12.2. The highest BCUT2D eigenvalue weighted by atomic mass is 35.5. The van der Waals surface area contributed by atoms with E-state index in [-0.39, 0.29) is 18.4 Å². The third-order valence-corrected chi connectivity index (χ3v) is 2.73. The van der Waals surface area contributed by atoms with E-state index in [4.69, 9.17) is 22.1 Å². The van der Waals surface area contributed by atoms with Gasteiger partial charge >= 0.3 is 5.97 Å². The molecule has 0 spiro atoms. The summed E-state index contributed by atoms with van der Waals surface area (Å²) in [5, 5.41) is 0.701. The number of rotatable bonds is 4. The van der Waals surface area contributed by atoms with Crippen LogP contribution in [0.15, 0.2) is 18.2 Å². The summed E-state index contributed by atoms with van der Waals surface area (Å²) in [5.74, 6) is -0.275. The van der Waals surface area contributed by atoms with Gasteiger partial charge in [-0.25, -0.2) is 0 Å².